The lowest BCUT2D eigenvalue weighted by Crippen LogP contribution is -2.32. The second kappa shape index (κ2) is 6.39. The third kappa shape index (κ3) is 3.85. The number of thioether (sulfide) groups is 1. The molecular formula is C10H16N4O2S. The predicted molar refractivity (Wildman–Crippen MR) is 65.9 cm³/mol. The van der Waals surface area contributed by atoms with Crippen molar-refractivity contribution < 1.29 is 4.79 Å². The zero-order chi connectivity index (χ0) is 12.8. The Labute approximate surface area is 104 Å². The zero-order valence-corrected chi connectivity index (χ0v) is 10.9. The highest BCUT2D eigenvalue weighted by molar-refractivity contribution is 7.98. The molecule has 0 fully saturated rings. The van der Waals surface area contributed by atoms with Gasteiger partial charge in [-0.15, -0.1) is 10.2 Å². The molecule has 1 heterocycles. The number of carbonyl (C=O) groups is 1. The summed E-state index contributed by atoms with van der Waals surface area (Å²) in [5.41, 5.74) is -0.0825. The van der Waals surface area contributed by atoms with E-state index < -0.39 is 6.04 Å². The van der Waals surface area contributed by atoms with Crippen molar-refractivity contribution in [3.05, 3.63) is 16.0 Å². The van der Waals surface area contributed by atoms with Crippen molar-refractivity contribution in [3.63, 3.8) is 0 Å². The normalized spacial score (nSPS) is 12.2. The summed E-state index contributed by atoms with van der Waals surface area (Å²) in [6.45, 7) is 3.63. The molecule has 0 saturated heterocycles. The number of nitrogens with one attached hydrogen (secondary N) is 2. The Balaban J connectivity index is 2.79. The van der Waals surface area contributed by atoms with E-state index in [1.807, 2.05) is 6.92 Å². The highest BCUT2D eigenvalue weighted by Gasteiger charge is 2.14. The SMILES string of the molecule is CCCC(=O)NC(C)c1nnc(SC)[nH]c1=O. The number of H-pyrrole nitrogens is 1. The number of aromatic amines is 1. The minimum atomic E-state index is -0.429. The van der Waals surface area contributed by atoms with E-state index in [0.29, 0.717) is 11.6 Å². The van der Waals surface area contributed by atoms with E-state index >= 15 is 0 Å². The fourth-order valence-electron chi connectivity index (χ4n) is 1.32. The highest BCUT2D eigenvalue weighted by atomic mass is 32.2. The first-order valence-corrected chi connectivity index (χ1v) is 6.61. The molecule has 0 radical (unpaired) electrons. The van der Waals surface area contributed by atoms with Crippen LogP contribution in [0.3, 0.4) is 0 Å². The fraction of sp³-hybridized carbons (Fsp3) is 0.600. The molecule has 0 aliphatic heterocycles. The summed E-state index contributed by atoms with van der Waals surface area (Å²) >= 11 is 1.31. The van der Waals surface area contributed by atoms with Crippen LogP contribution >= 0.6 is 11.8 Å². The Hall–Kier alpha value is -1.37. The van der Waals surface area contributed by atoms with Crippen LogP contribution in [-0.4, -0.2) is 27.3 Å². The minimum Gasteiger partial charge on any atom is -0.348 e. The van der Waals surface area contributed by atoms with Crippen LogP contribution in [0.5, 0.6) is 0 Å². The van der Waals surface area contributed by atoms with Gasteiger partial charge in [-0.3, -0.25) is 14.6 Å². The van der Waals surface area contributed by atoms with Crippen LogP contribution in [0, 0.1) is 0 Å². The zero-order valence-electron chi connectivity index (χ0n) is 10.1. The van der Waals surface area contributed by atoms with Crippen LogP contribution < -0.4 is 10.9 Å². The molecule has 1 rings (SSSR count). The molecule has 2 N–H and O–H groups in total. The second-order valence-electron chi connectivity index (χ2n) is 3.59. The molecule has 1 aromatic rings. The average molecular weight is 256 g/mol. The molecule has 0 saturated carbocycles. The van der Waals surface area contributed by atoms with E-state index in [1.165, 1.54) is 11.8 Å². The van der Waals surface area contributed by atoms with E-state index in [-0.39, 0.29) is 17.2 Å². The maximum Gasteiger partial charge on any atom is 0.275 e. The number of amides is 1. The maximum absolute atomic E-state index is 11.7. The van der Waals surface area contributed by atoms with Gasteiger partial charge in [-0.25, -0.2) is 0 Å². The maximum atomic E-state index is 11.7. The number of carbonyl (C=O) groups excluding carboxylic acids is 1. The number of hydrogen-bond donors (Lipinski definition) is 2. The Morgan fingerprint density at radius 3 is 2.76 bits per heavy atom. The van der Waals surface area contributed by atoms with Gasteiger partial charge in [-0.1, -0.05) is 18.7 Å². The molecule has 94 valence electrons. The van der Waals surface area contributed by atoms with Gasteiger partial charge in [0.15, 0.2) is 10.9 Å². The van der Waals surface area contributed by atoms with Crippen molar-refractivity contribution >= 4 is 17.7 Å². The lowest BCUT2D eigenvalue weighted by atomic mass is 10.2. The van der Waals surface area contributed by atoms with Crippen molar-refractivity contribution in [2.24, 2.45) is 0 Å². The van der Waals surface area contributed by atoms with Gasteiger partial charge in [0, 0.05) is 6.42 Å². The quantitative estimate of drug-likeness (QED) is 0.763. The van der Waals surface area contributed by atoms with Crippen LogP contribution in [-0.2, 0) is 4.79 Å². The monoisotopic (exact) mass is 256 g/mol. The van der Waals surface area contributed by atoms with Gasteiger partial charge in [0.05, 0.1) is 6.04 Å². The van der Waals surface area contributed by atoms with E-state index in [1.54, 1.807) is 13.2 Å². The number of hydrogen-bond acceptors (Lipinski definition) is 5. The minimum absolute atomic E-state index is 0.0878. The van der Waals surface area contributed by atoms with Crippen LogP contribution in [0.15, 0.2) is 9.95 Å². The van der Waals surface area contributed by atoms with Gasteiger partial charge in [-0.05, 0) is 19.6 Å². The summed E-state index contributed by atoms with van der Waals surface area (Å²) in [5.74, 6) is -0.0878. The standard InChI is InChI=1S/C10H16N4O2S/c1-4-5-7(15)11-6(2)8-9(16)12-10(17-3)14-13-8/h6H,4-5H2,1-3H3,(H,11,15)(H,12,14,16). The summed E-state index contributed by atoms with van der Waals surface area (Å²) in [6.07, 6.45) is 3.01. The van der Waals surface area contributed by atoms with Gasteiger partial charge in [0.25, 0.3) is 5.56 Å². The van der Waals surface area contributed by atoms with Crippen molar-refractivity contribution in [2.75, 3.05) is 6.26 Å². The van der Waals surface area contributed by atoms with E-state index in [9.17, 15) is 9.59 Å². The first-order chi connectivity index (χ1) is 8.08. The molecule has 1 aromatic heterocycles. The first-order valence-electron chi connectivity index (χ1n) is 5.38. The molecule has 0 aromatic carbocycles. The number of aromatic nitrogens is 3. The summed E-state index contributed by atoms with van der Waals surface area (Å²) in [4.78, 5) is 25.6. The second-order valence-corrected chi connectivity index (χ2v) is 4.38. The summed E-state index contributed by atoms with van der Waals surface area (Å²) in [5, 5.41) is 10.8. The molecule has 1 unspecified atom stereocenters. The van der Waals surface area contributed by atoms with Gasteiger partial charge in [0.1, 0.15) is 0 Å². The van der Waals surface area contributed by atoms with Gasteiger partial charge in [-0.2, -0.15) is 0 Å². The molecule has 0 aliphatic rings. The lowest BCUT2D eigenvalue weighted by molar-refractivity contribution is -0.121. The molecule has 6 nitrogen and oxygen atoms in total. The van der Waals surface area contributed by atoms with Gasteiger partial charge in [0.2, 0.25) is 5.91 Å². The largest absolute Gasteiger partial charge is 0.348 e. The molecule has 1 amide bonds. The van der Waals surface area contributed by atoms with Crippen molar-refractivity contribution in [1.29, 1.82) is 0 Å². The van der Waals surface area contributed by atoms with Crippen molar-refractivity contribution in [1.82, 2.24) is 20.5 Å². The lowest BCUT2D eigenvalue weighted by Gasteiger charge is -2.11. The van der Waals surface area contributed by atoms with Gasteiger partial charge >= 0.3 is 0 Å². The molecule has 0 aliphatic carbocycles. The Kier molecular flexibility index (Phi) is 5.14. The van der Waals surface area contributed by atoms with Crippen LogP contribution in [0.2, 0.25) is 0 Å². The Morgan fingerprint density at radius 2 is 2.24 bits per heavy atom. The molecule has 1 atom stereocenters. The van der Waals surface area contributed by atoms with Crippen molar-refractivity contribution in [2.45, 2.75) is 37.9 Å². The molecule has 7 heteroatoms. The molecule has 0 bridgehead atoms. The van der Waals surface area contributed by atoms with Crippen LogP contribution in [0.25, 0.3) is 0 Å². The number of rotatable bonds is 5. The summed E-state index contributed by atoms with van der Waals surface area (Å²) in [6, 6.07) is -0.429. The Bertz CT molecular complexity index is 446. The molecule has 17 heavy (non-hydrogen) atoms. The predicted octanol–water partition coefficient (Wildman–Crippen LogP) is 0.864. The fourth-order valence-corrected chi connectivity index (χ4v) is 1.63. The van der Waals surface area contributed by atoms with Crippen molar-refractivity contribution in [3.8, 4) is 0 Å². The van der Waals surface area contributed by atoms with Crippen LogP contribution in [0.4, 0.5) is 0 Å². The summed E-state index contributed by atoms with van der Waals surface area (Å²) in [7, 11) is 0. The van der Waals surface area contributed by atoms with E-state index in [4.69, 9.17) is 0 Å². The molecule has 0 spiro atoms. The van der Waals surface area contributed by atoms with E-state index in [0.717, 1.165) is 6.42 Å². The van der Waals surface area contributed by atoms with E-state index in [2.05, 4.69) is 20.5 Å². The highest BCUT2D eigenvalue weighted by Crippen LogP contribution is 2.07. The topological polar surface area (TPSA) is 87.7 Å². The summed E-state index contributed by atoms with van der Waals surface area (Å²) < 4.78 is 0. The smallest absolute Gasteiger partial charge is 0.275 e. The van der Waals surface area contributed by atoms with Crippen LogP contribution in [0.1, 0.15) is 38.4 Å². The Morgan fingerprint density at radius 1 is 1.53 bits per heavy atom. The van der Waals surface area contributed by atoms with Gasteiger partial charge < -0.3 is 5.32 Å². The first kappa shape index (κ1) is 13.7. The number of nitrogens with zero attached hydrogens (tertiary/aromatic N) is 2. The molecular weight excluding hydrogens is 240 g/mol. The third-order valence-electron chi connectivity index (χ3n) is 2.16. The average Bonchev–Trinajstić information content (AvgIpc) is 2.28. The third-order valence-corrected chi connectivity index (χ3v) is 2.73.